The van der Waals surface area contributed by atoms with Crippen LogP contribution in [0.4, 0.5) is 4.39 Å². The Labute approximate surface area is 130 Å². The molecule has 0 radical (unpaired) electrons. The Hall–Kier alpha value is -1.91. The van der Waals surface area contributed by atoms with Crippen molar-refractivity contribution in [2.45, 2.75) is 38.6 Å². The number of benzene rings is 1. The summed E-state index contributed by atoms with van der Waals surface area (Å²) in [5, 5.41) is 0. The van der Waals surface area contributed by atoms with Gasteiger partial charge in [-0.3, -0.25) is 9.59 Å². The fourth-order valence-corrected chi connectivity index (χ4v) is 3.16. The second kappa shape index (κ2) is 6.90. The Kier molecular flexibility index (Phi) is 5.16. The lowest BCUT2D eigenvalue weighted by Gasteiger charge is -2.35. The summed E-state index contributed by atoms with van der Waals surface area (Å²) in [6.07, 6.45) is 4.17. The van der Waals surface area contributed by atoms with Gasteiger partial charge in [-0.15, -0.1) is 0 Å². The van der Waals surface area contributed by atoms with E-state index in [1.165, 1.54) is 24.1 Å². The normalized spacial score (nSPS) is 21.3. The van der Waals surface area contributed by atoms with E-state index in [0.29, 0.717) is 5.92 Å². The van der Waals surface area contributed by atoms with Gasteiger partial charge in [-0.25, -0.2) is 4.39 Å². The number of rotatable bonds is 4. The molecule has 0 spiro atoms. The van der Waals surface area contributed by atoms with Gasteiger partial charge in [0.05, 0.1) is 12.7 Å². The van der Waals surface area contributed by atoms with Crippen molar-refractivity contribution in [2.75, 3.05) is 14.2 Å². The van der Waals surface area contributed by atoms with Crippen LogP contribution in [-0.4, -0.2) is 36.8 Å². The third kappa shape index (κ3) is 3.29. The van der Waals surface area contributed by atoms with Crippen LogP contribution in [0.25, 0.3) is 0 Å². The summed E-state index contributed by atoms with van der Waals surface area (Å²) in [5.74, 6) is -1.32. The van der Waals surface area contributed by atoms with Crippen molar-refractivity contribution in [2.24, 2.45) is 5.92 Å². The Balaban J connectivity index is 2.21. The molecule has 0 N–H and O–H groups in total. The number of hydrogen-bond acceptors (Lipinski definition) is 3. The van der Waals surface area contributed by atoms with Crippen LogP contribution < -0.4 is 4.74 Å². The number of Topliss-reactive ketones (excluding diaryl/α,β-unsaturated/α-hetero) is 1. The van der Waals surface area contributed by atoms with E-state index >= 15 is 0 Å². The number of halogens is 1. The Morgan fingerprint density at radius 1 is 1.27 bits per heavy atom. The van der Waals surface area contributed by atoms with Crippen molar-refractivity contribution in [1.29, 1.82) is 0 Å². The molecule has 22 heavy (non-hydrogen) atoms. The average molecular weight is 307 g/mol. The van der Waals surface area contributed by atoms with E-state index in [1.807, 2.05) is 0 Å². The molecule has 0 unspecified atom stereocenters. The highest BCUT2D eigenvalue weighted by molar-refractivity contribution is 6.43. The number of ketones is 1. The molecule has 120 valence electrons. The number of likely N-dealkylation sites (N-methyl/N-ethyl adjacent to an activating group) is 1. The molecule has 4 nitrogen and oxygen atoms in total. The van der Waals surface area contributed by atoms with Crippen LogP contribution >= 0.6 is 0 Å². The second-order valence-corrected chi connectivity index (χ2v) is 5.92. The Morgan fingerprint density at radius 2 is 1.95 bits per heavy atom. The number of ether oxygens (including phenoxy) is 1. The van der Waals surface area contributed by atoms with E-state index in [0.717, 1.165) is 31.7 Å². The summed E-state index contributed by atoms with van der Waals surface area (Å²) in [5.41, 5.74) is -0.0252. The zero-order chi connectivity index (χ0) is 16.3. The topological polar surface area (TPSA) is 46.6 Å². The molecule has 1 aliphatic carbocycles. The standard InChI is InChI=1S/C17H22FNO3/c1-11-6-4-5-7-14(11)19(2)17(21)16(20)13-10-12(18)8-9-15(13)22-3/h8-11,14H,4-7H2,1-3H3/t11-,14-/m0/s1. The van der Waals surface area contributed by atoms with Crippen molar-refractivity contribution >= 4 is 11.7 Å². The lowest BCUT2D eigenvalue weighted by molar-refractivity contribution is -0.128. The molecule has 5 heteroatoms. The molecule has 0 saturated heterocycles. The second-order valence-electron chi connectivity index (χ2n) is 5.92. The van der Waals surface area contributed by atoms with Crippen LogP contribution in [0.1, 0.15) is 43.0 Å². The summed E-state index contributed by atoms with van der Waals surface area (Å²) in [7, 11) is 3.04. The van der Waals surface area contributed by atoms with Gasteiger partial charge in [0.1, 0.15) is 11.6 Å². The smallest absolute Gasteiger partial charge is 0.295 e. The minimum absolute atomic E-state index is 0.0252. The minimum Gasteiger partial charge on any atom is -0.496 e. The predicted molar refractivity (Wildman–Crippen MR) is 81.5 cm³/mol. The molecule has 0 aliphatic heterocycles. The van der Waals surface area contributed by atoms with E-state index < -0.39 is 17.5 Å². The average Bonchev–Trinajstić information content (AvgIpc) is 2.53. The SMILES string of the molecule is COc1ccc(F)cc1C(=O)C(=O)N(C)[C@H]1CCCC[C@@H]1C. The van der Waals surface area contributed by atoms with Crippen LogP contribution in [-0.2, 0) is 4.79 Å². The Bertz CT molecular complexity index is 573. The van der Waals surface area contributed by atoms with E-state index in [9.17, 15) is 14.0 Å². The Morgan fingerprint density at radius 3 is 2.59 bits per heavy atom. The fourth-order valence-electron chi connectivity index (χ4n) is 3.16. The minimum atomic E-state index is -0.725. The van der Waals surface area contributed by atoms with Gasteiger partial charge in [0.2, 0.25) is 0 Å². The molecule has 1 aliphatic rings. The zero-order valence-electron chi connectivity index (χ0n) is 13.3. The number of methoxy groups -OCH3 is 1. The van der Waals surface area contributed by atoms with Crippen molar-refractivity contribution < 1.29 is 18.7 Å². The molecule has 1 amide bonds. The third-order valence-electron chi connectivity index (χ3n) is 4.48. The molecular formula is C17H22FNO3. The van der Waals surface area contributed by atoms with Gasteiger partial charge in [-0.2, -0.15) is 0 Å². The lowest BCUT2D eigenvalue weighted by atomic mass is 9.85. The van der Waals surface area contributed by atoms with Gasteiger partial charge in [-0.1, -0.05) is 19.8 Å². The first-order valence-corrected chi connectivity index (χ1v) is 7.60. The summed E-state index contributed by atoms with van der Waals surface area (Å²) >= 11 is 0. The van der Waals surface area contributed by atoms with Crippen LogP contribution in [0.15, 0.2) is 18.2 Å². The van der Waals surface area contributed by atoms with Gasteiger partial charge in [0.15, 0.2) is 0 Å². The molecule has 1 fully saturated rings. The van der Waals surface area contributed by atoms with Crippen LogP contribution in [0.3, 0.4) is 0 Å². The first-order valence-electron chi connectivity index (χ1n) is 7.60. The van der Waals surface area contributed by atoms with Crippen molar-refractivity contribution in [3.63, 3.8) is 0 Å². The summed E-state index contributed by atoms with van der Waals surface area (Å²) in [6.45, 7) is 2.10. The molecular weight excluding hydrogens is 285 g/mol. The van der Waals surface area contributed by atoms with E-state index in [-0.39, 0.29) is 17.4 Å². The van der Waals surface area contributed by atoms with Crippen LogP contribution in [0, 0.1) is 11.7 Å². The summed E-state index contributed by atoms with van der Waals surface area (Å²) in [6, 6.07) is 3.67. The molecule has 1 aromatic rings. The zero-order valence-corrected chi connectivity index (χ0v) is 13.3. The number of carbonyl (C=O) groups is 2. The number of hydrogen-bond donors (Lipinski definition) is 0. The summed E-state index contributed by atoms with van der Waals surface area (Å²) in [4.78, 5) is 26.4. The van der Waals surface area contributed by atoms with Gasteiger partial charge >= 0.3 is 0 Å². The first kappa shape index (κ1) is 16.5. The summed E-state index contributed by atoms with van der Waals surface area (Å²) < 4.78 is 18.5. The largest absolute Gasteiger partial charge is 0.496 e. The number of nitrogens with zero attached hydrogens (tertiary/aromatic N) is 1. The highest BCUT2D eigenvalue weighted by Gasteiger charge is 2.32. The maximum atomic E-state index is 13.4. The molecule has 1 saturated carbocycles. The van der Waals surface area contributed by atoms with E-state index in [1.54, 1.807) is 7.05 Å². The molecule has 2 rings (SSSR count). The highest BCUT2D eigenvalue weighted by Crippen LogP contribution is 2.28. The maximum Gasteiger partial charge on any atom is 0.295 e. The maximum absolute atomic E-state index is 13.4. The number of amides is 1. The van der Waals surface area contributed by atoms with Gasteiger partial charge in [-0.05, 0) is 37.0 Å². The van der Waals surface area contributed by atoms with Crippen molar-refractivity contribution in [3.8, 4) is 5.75 Å². The van der Waals surface area contributed by atoms with Gasteiger partial charge < -0.3 is 9.64 Å². The predicted octanol–water partition coefficient (Wildman–Crippen LogP) is 3.05. The van der Waals surface area contributed by atoms with Crippen LogP contribution in [0.5, 0.6) is 5.75 Å². The first-order chi connectivity index (χ1) is 10.5. The van der Waals surface area contributed by atoms with E-state index in [4.69, 9.17) is 4.74 Å². The van der Waals surface area contributed by atoms with Gasteiger partial charge in [0.25, 0.3) is 11.7 Å². The number of carbonyl (C=O) groups excluding carboxylic acids is 2. The fraction of sp³-hybridized carbons (Fsp3) is 0.529. The third-order valence-corrected chi connectivity index (χ3v) is 4.48. The molecule has 0 heterocycles. The van der Waals surface area contributed by atoms with E-state index in [2.05, 4.69) is 6.92 Å². The lowest BCUT2D eigenvalue weighted by Crippen LogP contribution is -2.45. The van der Waals surface area contributed by atoms with Crippen molar-refractivity contribution in [1.82, 2.24) is 4.90 Å². The quantitative estimate of drug-likeness (QED) is 0.634. The van der Waals surface area contributed by atoms with Gasteiger partial charge in [0, 0.05) is 13.1 Å². The van der Waals surface area contributed by atoms with Crippen molar-refractivity contribution in [3.05, 3.63) is 29.6 Å². The highest BCUT2D eigenvalue weighted by atomic mass is 19.1. The molecule has 2 atom stereocenters. The molecule has 0 bridgehead atoms. The van der Waals surface area contributed by atoms with Crippen LogP contribution in [0.2, 0.25) is 0 Å². The molecule has 1 aromatic carbocycles. The monoisotopic (exact) mass is 307 g/mol. The molecule has 0 aromatic heterocycles.